The summed E-state index contributed by atoms with van der Waals surface area (Å²) in [4.78, 5) is 12.7. The minimum Gasteiger partial charge on any atom is -0.288 e. The minimum absolute atomic E-state index is 0.0195. The first kappa shape index (κ1) is 16.8. The van der Waals surface area contributed by atoms with Gasteiger partial charge in [-0.25, -0.2) is 17.9 Å². The summed E-state index contributed by atoms with van der Waals surface area (Å²) < 4.78 is 37.0. The number of nitriles is 1. The molecule has 7 heteroatoms. The number of hydrogen-bond donors (Lipinski definition) is 1. The summed E-state index contributed by atoms with van der Waals surface area (Å²) in [6, 6.07) is 14.2. The van der Waals surface area contributed by atoms with Crippen molar-refractivity contribution in [2.75, 3.05) is 0 Å². The Morgan fingerprint density at radius 2 is 1.80 bits per heavy atom. The number of nitrogens with two attached hydrogens (primary N) is 1. The van der Waals surface area contributed by atoms with Crippen molar-refractivity contribution in [1.82, 2.24) is 0 Å². The fourth-order valence-corrected chi connectivity index (χ4v) is 3.15. The third kappa shape index (κ3) is 3.01. The quantitative estimate of drug-likeness (QED) is 0.731. The molecule has 2 N–H and O–H groups in total. The summed E-state index contributed by atoms with van der Waals surface area (Å²) in [5.74, 6) is -1.35. The second-order valence-electron chi connectivity index (χ2n) is 5.34. The SMILES string of the molecule is N#Cc1ccc2cc(S(N)(=O)=O)ccc2c1C(=O)c1ccccc1F. The third-order valence-corrected chi connectivity index (χ3v) is 4.70. The van der Waals surface area contributed by atoms with E-state index in [0.717, 1.165) is 6.07 Å². The van der Waals surface area contributed by atoms with E-state index >= 15 is 0 Å². The normalized spacial score (nSPS) is 11.2. The molecule has 0 spiro atoms. The van der Waals surface area contributed by atoms with E-state index in [1.807, 2.05) is 6.07 Å². The number of fused-ring (bicyclic) bond motifs is 1. The Morgan fingerprint density at radius 1 is 1.08 bits per heavy atom. The topological polar surface area (TPSA) is 101 Å². The monoisotopic (exact) mass is 354 g/mol. The van der Waals surface area contributed by atoms with Crippen molar-refractivity contribution in [3.63, 3.8) is 0 Å². The van der Waals surface area contributed by atoms with Crippen molar-refractivity contribution in [3.05, 3.63) is 77.1 Å². The number of carbonyl (C=O) groups excluding carboxylic acids is 1. The smallest absolute Gasteiger partial charge is 0.238 e. The highest BCUT2D eigenvalue weighted by Crippen LogP contribution is 2.27. The molecule has 5 nitrogen and oxygen atoms in total. The Morgan fingerprint density at radius 3 is 2.44 bits per heavy atom. The van der Waals surface area contributed by atoms with Gasteiger partial charge < -0.3 is 0 Å². The van der Waals surface area contributed by atoms with Crippen LogP contribution in [0.4, 0.5) is 4.39 Å². The van der Waals surface area contributed by atoms with Crippen molar-refractivity contribution in [2.45, 2.75) is 4.90 Å². The number of benzene rings is 3. The molecule has 0 radical (unpaired) electrons. The number of halogens is 1. The fraction of sp³-hybridized carbons (Fsp3) is 0. The predicted octanol–water partition coefficient (Wildman–Crippen LogP) is 2.73. The molecular formula is C18H11FN2O3S. The van der Waals surface area contributed by atoms with E-state index in [9.17, 15) is 22.9 Å². The number of sulfonamides is 1. The Kier molecular flexibility index (Phi) is 4.08. The zero-order valence-electron chi connectivity index (χ0n) is 12.7. The van der Waals surface area contributed by atoms with Crippen LogP contribution in [0.25, 0.3) is 10.8 Å². The van der Waals surface area contributed by atoms with Gasteiger partial charge in [-0.2, -0.15) is 5.26 Å². The summed E-state index contributed by atoms with van der Waals surface area (Å²) in [5, 5.41) is 15.2. The minimum atomic E-state index is -3.91. The van der Waals surface area contributed by atoms with Crippen LogP contribution in [0.3, 0.4) is 0 Å². The molecule has 0 bridgehead atoms. The lowest BCUT2D eigenvalue weighted by Crippen LogP contribution is -2.12. The molecule has 0 aromatic heterocycles. The number of nitrogens with zero attached hydrogens (tertiary/aromatic N) is 1. The van der Waals surface area contributed by atoms with Gasteiger partial charge in [0, 0.05) is 5.56 Å². The van der Waals surface area contributed by atoms with Gasteiger partial charge in [-0.05, 0) is 41.1 Å². The van der Waals surface area contributed by atoms with E-state index in [1.165, 1.54) is 48.5 Å². The van der Waals surface area contributed by atoms with Crippen LogP contribution in [0.1, 0.15) is 21.5 Å². The van der Waals surface area contributed by atoms with Gasteiger partial charge in [0.05, 0.1) is 22.1 Å². The highest BCUT2D eigenvalue weighted by atomic mass is 32.2. The number of carbonyl (C=O) groups is 1. The molecular weight excluding hydrogens is 343 g/mol. The van der Waals surface area contributed by atoms with E-state index in [1.54, 1.807) is 0 Å². The first-order valence-corrected chi connectivity index (χ1v) is 8.66. The Hall–Kier alpha value is -3.08. The molecule has 0 aliphatic carbocycles. The maximum atomic E-state index is 14.0. The second kappa shape index (κ2) is 6.09. The first-order valence-electron chi connectivity index (χ1n) is 7.12. The van der Waals surface area contributed by atoms with Gasteiger partial charge in [0.2, 0.25) is 10.0 Å². The van der Waals surface area contributed by atoms with Crippen LogP contribution in [0.15, 0.2) is 59.5 Å². The van der Waals surface area contributed by atoms with Crippen LogP contribution in [0.2, 0.25) is 0 Å². The molecule has 0 aliphatic heterocycles. The zero-order valence-corrected chi connectivity index (χ0v) is 13.5. The van der Waals surface area contributed by atoms with Crippen LogP contribution in [-0.2, 0) is 10.0 Å². The fourth-order valence-electron chi connectivity index (χ4n) is 2.60. The highest BCUT2D eigenvalue weighted by molar-refractivity contribution is 7.89. The Labute approximate surface area is 143 Å². The summed E-state index contributed by atoms with van der Waals surface area (Å²) in [5.41, 5.74) is -0.0720. The molecule has 0 heterocycles. The molecule has 0 unspecified atom stereocenters. The van der Waals surface area contributed by atoms with E-state index in [-0.39, 0.29) is 21.6 Å². The lowest BCUT2D eigenvalue weighted by Gasteiger charge is -2.10. The first-order chi connectivity index (χ1) is 11.8. The van der Waals surface area contributed by atoms with Gasteiger partial charge in [-0.1, -0.05) is 24.3 Å². The van der Waals surface area contributed by atoms with Gasteiger partial charge >= 0.3 is 0 Å². The summed E-state index contributed by atoms with van der Waals surface area (Å²) in [7, 11) is -3.91. The molecule has 3 rings (SSSR count). The number of rotatable bonds is 3. The Balaban J connectivity index is 2.31. The van der Waals surface area contributed by atoms with Crippen molar-refractivity contribution < 1.29 is 17.6 Å². The van der Waals surface area contributed by atoms with Gasteiger partial charge in [0.25, 0.3) is 0 Å². The van der Waals surface area contributed by atoms with Gasteiger partial charge in [0.15, 0.2) is 5.78 Å². The molecule has 3 aromatic carbocycles. The zero-order chi connectivity index (χ0) is 18.2. The predicted molar refractivity (Wildman–Crippen MR) is 89.9 cm³/mol. The molecule has 0 amide bonds. The molecule has 0 atom stereocenters. The van der Waals surface area contributed by atoms with E-state index in [2.05, 4.69) is 0 Å². The van der Waals surface area contributed by atoms with Gasteiger partial charge in [-0.3, -0.25) is 4.79 Å². The van der Waals surface area contributed by atoms with Crippen molar-refractivity contribution >= 4 is 26.6 Å². The lowest BCUT2D eigenvalue weighted by molar-refractivity contribution is 0.103. The molecule has 0 saturated heterocycles. The number of ketones is 1. The summed E-state index contributed by atoms with van der Waals surface area (Å²) in [6.07, 6.45) is 0. The molecule has 25 heavy (non-hydrogen) atoms. The molecule has 0 fully saturated rings. The molecule has 3 aromatic rings. The maximum absolute atomic E-state index is 14.0. The van der Waals surface area contributed by atoms with Crippen LogP contribution in [0, 0.1) is 17.1 Å². The van der Waals surface area contributed by atoms with Crippen LogP contribution in [-0.4, -0.2) is 14.2 Å². The Bertz CT molecular complexity index is 1160. The third-order valence-electron chi connectivity index (χ3n) is 3.79. The average Bonchev–Trinajstić information content (AvgIpc) is 2.59. The molecule has 124 valence electrons. The summed E-state index contributed by atoms with van der Waals surface area (Å²) in [6.45, 7) is 0. The average molecular weight is 354 g/mol. The van der Waals surface area contributed by atoms with Gasteiger partial charge in [0.1, 0.15) is 5.82 Å². The second-order valence-corrected chi connectivity index (χ2v) is 6.90. The van der Waals surface area contributed by atoms with Crippen molar-refractivity contribution in [1.29, 1.82) is 5.26 Å². The van der Waals surface area contributed by atoms with Crippen LogP contribution < -0.4 is 5.14 Å². The summed E-state index contributed by atoms with van der Waals surface area (Å²) >= 11 is 0. The maximum Gasteiger partial charge on any atom is 0.238 e. The van der Waals surface area contributed by atoms with E-state index in [4.69, 9.17) is 5.14 Å². The molecule has 0 aliphatic rings. The van der Waals surface area contributed by atoms with Gasteiger partial charge in [-0.15, -0.1) is 0 Å². The van der Waals surface area contributed by atoms with Crippen LogP contribution >= 0.6 is 0 Å². The van der Waals surface area contributed by atoms with E-state index < -0.39 is 21.6 Å². The molecule has 0 saturated carbocycles. The number of primary sulfonamides is 1. The standard InChI is InChI=1S/C18H11FN2O3S/c19-16-4-2-1-3-15(16)18(22)17-12(10-20)6-5-11-9-13(25(21,23)24)7-8-14(11)17/h1-9H,(H2,21,23,24). The van der Waals surface area contributed by atoms with E-state index in [0.29, 0.717) is 10.8 Å². The van der Waals surface area contributed by atoms with Crippen LogP contribution in [0.5, 0.6) is 0 Å². The lowest BCUT2D eigenvalue weighted by atomic mass is 9.93. The van der Waals surface area contributed by atoms with Crippen molar-refractivity contribution in [3.8, 4) is 6.07 Å². The number of hydrogen-bond acceptors (Lipinski definition) is 4. The highest BCUT2D eigenvalue weighted by Gasteiger charge is 2.21. The largest absolute Gasteiger partial charge is 0.288 e. The van der Waals surface area contributed by atoms with Crippen molar-refractivity contribution in [2.24, 2.45) is 5.14 Å².